The van der Waals surface area contributed by atoms with Crippen LogP contribution in [-0.4, -0.2) is 23.4 Å². The third kappa shape index (κ3) is 5.70. The molecule has 3 fully saturated rings. The van der Waals surface area contributed by atoms with Crippen molar-refractivity contribution in [2.75, 3.05) is 6.54 Å². The molecular formula is C22H42NP. The SMILES string of the molecule is CC(C)(PC1CCC(CNC2CCCCC2)CC1)C1CCCCC1. The zero-order valence-electron chi connectivity index (χ0n) is 16.4. The molecule has 3 saturated carbocycles. The van der Waals surface area contributed by atoms with Gasteiger partial charge in [-0.1, -0.05) is 52.4 Å². The first-order valence-electron chi connectivity index (χ1n) is 11.1. The van der Waals surface area contributed by atoms with Gasteiger partial charge in [-0.15, -0.1) is 8.58 Å². The Morgan fingerprint density at radius 1 is 0.750 bits per heavy atom. The summed E-state index contributed by atoms with van der Waals surface area (Å²) in [4.78, 5) is 0. The summed E-state index contributed by atoms with van der Waals surface area (Å²) in [6, 6.07) is 0.851. The van der Waals surface area contributed by atoms with Crippen LogP contribution in [0.3, 0.4) is 0 Å². The van der Waals surface area contributed by atoms with Gasteiger partial charge in [0.15, 0.2) is 0 Å². The smallest absolute Gasteiger partial charge is 0.00671 e. The minimum Gasteiger partial charge on any atom is -0.314 e. The van der Waals surface area contributed by atoms with Crippen molar-refractivity contribution in [3.05, 3.63) is 0 Å². The van der Waals surface area contributed by atoms with Crippen molar-refractivity contribution < 1.29 is 0 Å². The van der Waals surface area contributed by atoms with Crippen LogP contribution in [0.5, 0.6) is 0 Å². The number of hydrogen-bond acceptors (Lipinski definition) is 1. The highest BCUT2D eigenvalue weighted by Gasteiger charge is 2.34. The van der Waals surface area contributed by atoms with Crippen molar-refractivity contribution in [3.8, 4) is 0 Å². The molecule has 0 heterocycles. The first kappa shape index (κ1) is 19.2. The van der Waals surface area contributed by atoms with Crippen molar-refractivity contribution in [3.63, 3.8) is 0 Å². The topological polar surface area (TPSA) is 12.0 Å². The Hall–Kier alpha value is 0.390. The molecule has 0 aromatic rings. The minimum absolute atomic E-state index is 0.623. The van der Waals surface area contributed by atoms with Gasteiger partial charge in [0.05, 0.1) is 0 Å². The molecule has 0 spiro atoms. The van der Waals surface area contributed by atoms with E-state index in [1.807, 2.05) is 0 Å². The van der Waals surface area contributed by atoms with Crippen LogP contribution in [0, 0.1) is 11.8 Å². The van der Waals surface area contributed by atoms with E-state index in [-0.39, 0.29) is 0 Å². The molecule has 0 saturated heterocycles. The lowest BCUT2D eigenvalue weighted by Gasteiger charge is -2.41. The van der Waals surface area contributed by atoms with Crippen molar-refractivity contribution in [2.45, 2.75) is 121 Å². The molecule has 3 aliphatic rings. The summed E-state index contributed by atoms with van der Waals surface area (Å²) in [5, 5.41) is 4.53. The molecule has 0 aromatic carbocycles. The van der Waals surface area contributed by atoms with E-state index >= 15 is 0 Å². The van der Waals surface area contributed by atoms with Crippen LogP contribution >= 0.6 is 8.58 Å². The Bertz CT molecular complexity index is 347. The Kier molecular flexibility index (Phi) is 7.47. The molecule has 0 bridgehead atoms. The maximum atomic E-state index is 3.91. The highest BCUT2D eigenvalue weighted by molar-refractivity contribution is 7.40. The lowest BCUT2D eigenvalue weighted by Crippen LogP contribution is -2.36. The molecule has 0 aromatic heterocycles. The Balaban J connectivity index is 1.35. The summed E-state index contributed by atoms with van der Waals surface area (Å²) in [7, 11) is 1.21. The van der Waals surface area contributed by atoms with Gasteiger partial charge in [-0.3, -0.25) is 0 Å². The van der Waals surface area contributed by atoms with Crippen LogP contribution in [0.4, 0.5) is 0 Å². The summed E-state index contributed by atoms with van der Waals surface area (Å²) < 4.78 is 0. The lowest BCUT2D eigenvalue weighted by molar-refractivity contribution is 0.290. The van der Waals surface area contributed by atoms with Crippen LogP contribution in [0.25, 0.3) is 0 Å². The average Bonchev–Trinajstić information content (AvgIpc) is 2.62. The predicted octanol–water partition coefficient (Wildman–Crippen LogP) is 6.50. The highest BCUT2D eigenvalue weighted by atomic mass is 31.1. The molecule has 0 amide bonds. The van der Waals surface area contributed by atoms with E-state index in [0.29, 0.717) is 5.16 Å². The third-order valence-electron chi connectivity index (χ3n) is 7.35. The Morgan fingerprint density at radius 2 is 1.33 bits per heavy atom. The zero-order chi connectivity index (χ0) is 16.8. The van der Waals surface area contributed by atoms with E-state index in [2.05, 4.69) is 19.2 Å². The van der Waals surface area contributed by atoms with Crippen LogP contribution in [0.2, 0.25) is 0 Å². The summed E-state index contributed by atoms with van der Waals surface area (Å²) in [6.07, 6.45) is 20.8. The van der Waals surface area contributed by atoms with Crippen LogP contribution < -0.4 is 5.32 Å². The fraction of sp³-hybridized carbons (Fsp3) is 1.00. The van der Waals surface area contributed by atoms with Gasteiger partial charge >= 0.3 is 0 Å². The second-order valence-electron chi connectivity index (χ2n) is 9.66. The van der Waals surface area contributed by atoms with E-state index in [0.717, 1.165) is 23.5 Å². The summed E-state index contributed by atoms with van der Waals surface area (Å²) in [5.74, 6) is 2.00. The fourth-order valence-corrected chi connectivity index (χ4v) is 7.82. The lowest BCUT2D eigenvalue weighted by atomic mass is 9.81. The molecule has 0 radical (unpaired) electrons. The molecule has 140 valence electrons. The monoisotopic (exact) mass is 351 g/mol. The molecule has 3 rings (SSSR count). The predicted molar refractivity (Wildman–Crippen MR) is 110 cm³/mol. The number of hydrogen-bond donors (Lipinski definition) is 1. The van der Waals surface area contributed by atoms with Gasteiger partial charge in [-0.25, -0.2) is 0 Å². The third-order valence-corrected chi connectivity index (χ3v) is 9.49. The largest absolute Gasteiger partial charge is 0.314 e. The van der Waals surface area contributed by atoms with Crippen molar-refractivity contribution in [2.24, 2.45) is 11.8 Å². The zero-order valence-corrected chi connectivity index (χ0v) is 17.4. The molecular weight excluding hydrogens is 309 g/mol. The highest BCUT2D eigenvalue weighted by Crippen LogP contribution is 2.50. The van der Waals surface area contributed by atoms with Crippen LogP contribution in [0.1, 0.15) is 104 Å². The maximum Gasteiger partial charge on any atom is 0.00671 e. The van der Waals surface area contributed by atoms with E-state index in [9.17, 15) is 0 Å². The molecule has 1 atom stereocenters. The minimum atomic E-state index is 0.623. The maximum absolute atomic E-state index is 3.91. The van der Waals surface area contributed by atoms with Crippen molar-refractivity contribution >= 4 is 8.58 Å². The standard InChI is InChI=1S/C22H42NP/c1-22(2,19-9-5-3-6-10-19)24-21-15-13-18(14-16-21)17-23-20-11-7-4-8-12-20/h18-21,23-24H,3-17H2,1-2H3. The summed E-state index contributed by atoms with van der Waals surface area (Å²) in [6.45, 7) is 6.50. The average molecular weight is 352 g/mol. The molecule has 24 heavy (non-hydrogen) atoms. The van der Waals surface area contributed by atoms with Gasteiger partial charge in [0, 0.05) is 6.04 Å². The summed E-state index contributed by atoms with van der Waals surface area (Å²) >= 11 is 0. The molecule has 2 heteroatoms. The van der Waals surface area contributed by atoms with Crippen LogP contribution in [0.15, 0.2) is 0 Å². The van der Waals surface area contributed by atoms with Gasteiger partial charge in [-0.05, 0) is 80.6 Å². The van der Waals surface area contributed by atoms with Gasteiger partial charge in [0.25, 0.3) is 0 Å². The fourth-order valence-electron chi connectivity index (χ4n) is 5.62. The van der Waals surface area contributed by atoms with Gasteiger partial charge in [-0.2, -0.15) is 0 Å². The number of nitrogens with one attached hydrogen (secondary N) is 1. The molecule has 3 aliphatic carbocycles. The quantitative estimate of drug-likeness (QED) is 0.538. The molecule has 0 aliphatic heterocycles. The van der Waals surface area contributed by atoms with E-state index in [1.54, 1.807) is 0 Å². The van der Waals surface area contributed by atoms with E-state index < -0.39 is 0 Å². The van der Waals surface area contributed by atoms with E-state index in [4.69, 9.17) is 0 Å². The first-order valence-corrected chi connectivity index (χ1v) is 12.2. The second-order valence-corrected chi connectivity index (χ2v) is 12.1. The van der Waals surface area contributed by atoms with Crippen molar-refractivity contribution in [1.82, 2.24) is 5.32 Å². The normalized spacial score (nSPS) is 31.8. The molecule has 1 nitrogen and oxygen atoms in total. The molecule has 1 unspecified atom stereocenters. The second kappa shape index (κ2) is 9.36. The van der Waals surface area contributed by atoms with Gasteiger partial charge < -0.3 is 5.32 Å². The van der Waals surface area contributed by atoms with Crippen molar-refractivity contribution in [1.29, 1.82) is 0 Å². The Morgan fingerprint density at radius 3 is 1.96 bits per heavy atom. The molecule has 1 N–H and O–H groups in total. The van der Waals surface area contributed by atoms with E-state index in [1.165, 1.54) is 105 Å². The van der Waals surface area contributed by atoms with Gasteiger partial charge in [0.2, 0.25) is 0 Å². The number of rotatable bonds is 6. The summed E-state index contributed by atoms with van der Waals surface area (Å²) in [5.41, 5.74) is 1.05. The van der Waals surface area contributed by atoms with Crippen LogP contribution in [-0.2, 0) is 0 Å². The van der Waals surface area contributed by atoms with Gasteiger partial charge in [0.1, 0.15) is 0 Å². The first-order chi connectivity index (χ1) is 11.6. The Labute approximate surface area is 153 Å².